The Balaban J connectivity index is 0.000000219. The second kappa shape index (κ2) is 17.5. The Morgan fingerprint density at radius 2 is 1.39 bits per heavy atom. The molecule has 1 atom stereocenters. The maximum absolute atomic E-state index is 14.9. The number of rotatable bonds is 9. The van der Waals surface area contributed by atoms with E-state index in [2.05, 4.69) is 111 Å². The van der Waals surface area contributed by atoms with Gasteiger partial charge in [-0.15, -0.1) is 0 Å². The topological polar surface area (TPSA) is 18.5 Å². The predicted molar refractivity (Wildman–Crippen MR) is 237 cm³/mol. The molecule has 302 valence electrons. The fourth-order valence-corrected chi connectivity index (χ4v) is 9.38. The molecule has 0 bridgehead atoms. The molecule has 2 nitrogen and oxygen atoms in total. The molecule has 1 unspecified atom stereocenters. The monoisotopic (exact) mass is 778 g/mol. The minimum Gasteiger partial charge on any atom is -0.497 e. The number of hydrogen-bond acceptors (Lipinski definition) is 2. The summed E-state index contributed by atoms with van der Waals surface area (Å²) >= 11 is 0. The van der Waals surface area contributed by atoms with Gasteiger partial charge in [-0.05, 0) is 150 Å². The molecule has 0 aliphatic heterocycles. The molecule has 0 saturated heterocycles. The van der Waals surface area contributed by atoms with Gasteiger partial charge in [-0.25, -0.2) is 8.78 Å². The number of hydrogen-bond donors (Lipinski definition) is 0. The molecule has 4 aromatic carbocycles. The third-order valence-electron chi connectivity index (χ3n) is 13.1. The smallest absolute Gasteiger partial charge is 0.192 e. The van der Waals surface area contributed by atoms with Gasteiger partial charge in [-0.3, -0.25) is 0 Å². The van der Waals surface area contributed by atoms with Crippen molar-refractivity contribution < 1.29 is 17.9 Å². The Morgan fingerprint density at radius 3 is 2.04 bits per heavy atom. The highest BCUT2D eigenvalue weighted by Crippen LogP contribution is 2.50. The normalized spacial score (nSPS) is 18.1. The molecule has 0 aromatic heterocycles. The molecule has 56 heavy (non-hydrogen) atoms. The average Bonchev–Trinajstić information content (AvgIpc) is 3.14. The SMILES string of the molecule is CCc1ccc(-c2cc(OC)ccc2F)c(C2=CCCCC2(C)C)c1.Cc1ccc(F)c(-c2ccc(CO[Si](C)(C)C(C)(C)C)cc2C2CCCCC2(C)C)c1. The summed E-state index contributed by atoms with van der Waals surface area (Å²) in [5.41, 5.74) is 11.0. The van der Waals surface area contributed by atoms with Gasteiger partial charge in [-0.2, -0.15) is 0 Å². The van der Waals surface area contributed by atoms with E-state index in [1.807, 2.05) is 19.1 Å². The van der Waals surface area contributed by atoms with Gasteiger partial charge in [0.05, 0.1) is 13.7 Å². The third-order valence-corrected chi connectivity index (χ3v) is 17.6. The van der Waals surface area contributed by atoms with Crippen molar-refractivity contribution in [3.63, 3.8) is 0 Å². The van der Waals surface area contributed by atoms with Crippen LogP contribution in [0.2, 0.25) is 18.1 Å². The van der Waals surface area contributed by atoms with E-state index in [9.17, 15) is 8.78 Å². The first-order valence-corrected chi connectivity index (χ1v) is 23.9. The average molecular weight is 779 g/mol. The predicted octanol–water partition coefficient (Wildman–Crippen LogP) is 15.7. The lowest BCUT2D eigenvalue weighted by atomic mass is 9.65. The quantitative estimate of drug-likeness (QED) is 0.158. The second-order valence-corrected chi connectivity index (χ2v) is 24.0. The second-order valence-electron chi connectivity index (χ2n) is 19.2. The summed E-state index contributed by atoms with van der Waals surface area (Å²) in [6.45, 7) is 25.6. The van der Waals surface area contributed by atoms with Crippen LogP contribution in [0.1, 0.15) is 134 Å². The maximum atomic E-state index is 14.9. The van der Waals surface area contributed by atoms with Crippen LogP contribution in [0.15, 0.2) is 78.9 Å². The molecule has 4 aromatic rings. The van der Waals surface area contributed by atoms with Crippen LogP contribution in [0, 0.1) is 29.4 Å². The summed E-state index contributed by atoms with van der Waals surface area (Å²) in [4.78, 5) is 0. The zero-order chi connectivity index (χ0) is 41.1. The lowest BCUT2D eigenvalue weighted by Crippen LogP contribution is -2.40. The van der Waals surface area contributed by atoms with Crippen molar-refractivity contribution in [2.75, 3.05) is 7.11 Å². The molecule has 0 N–H and O–H groups in total. The van der Waals surface area contributed by atoms with Crippen LogP contribution in [0.5, 0.6) is 5.75 Å². The lowest BCUT2D eigenvalue weighted by Gasteiger charge is -2.40. The Morgan fingerprint density at radius 1 is 0.732 bits per heavy atom. The van der Waals surface area contributed by atoms with Crippen molar-refractivity contribution in [3.05, 3.63) is 118 Å². The lowest BCUT2D eigenvalue weighted by molar-refractivity contribution is 0.199. The molecule has 0 heterocycles. The third kappa shape index (κ3) is 9.93. The van der Waals surface area contributed by atoms with E-state index in [0.29, 0.717) is 23.8 Å². The van der Waals surface area contributed by atoms with Gasteiger partial charge in [0, 0.05) is 11.1 Å². The zero-order valence-corrected chi connectivity index (χ0v) is 37.5. The highest BCUT2D eigenvalue weighted by molar-refractivity contribution is 6.74. The molecule has 2 aliphatic carbocycles. The molecule has 6 rings (SSSR count). The van der Waals surface area contributed by atoms with Crippen LogP contribution in [0.25, 0.3) is 27.8 Å². The summed E-state index contributed by atoms with van der Waals surface area (Å²) in [5, 5.41) is 0.186. The number of halogens is 2. The summed E-state index contributed by atoms with van der Waals surface area (Å²) in [6, 6.07) is 23.4. The highest BCUT2D eigenvalue weighted by atomic mass is 28.4. The van der Waals surface area contributed by atoms with Crippen molar-refractivity contribution in [2.45, 2.75) is 144 Å². The van der Waals surface area contributed by atoms with Gasteiger partial charge in [0.2, 0.25) is 0 Å². The van der Waals surface area contributed by atoms with E-state index >= 15 is 0 Å². The highest BCUT2D eigenvalue weighted by Gasteiger charge is 2.38. The van der Waals surface area contributed by atoms with E-state index in [1.54, 1.807) is 25.3 Å². The molecule has 5 heteroatoms. The Kier molecular flexibility index (Phi) is 13.6. The van der Waals surface area contributed by atoms with Gasteiger partial charge < -0.3 is 9.16 Å². The molecule has 1 fully saturated rings. The van der Waals surface area contributed by atoms with Crippen molar-refractivity contribution in [3.8, 4) is 28.0 Å². The fraction of sp³-hybridized carbons (Fsp3) is 0.490. The molecule has 1 saturated carbocycles. The fourth-order valence-electron chi connectivity index (χ4n) is 8.41. The van der Waals surface area contributed by atoms with Crippen molar-refractivity contribution in [2.24, 2.45) is 10.8 Å². The number of methoxy groups -OCH3 is 1. The standard InChI is InChI=1S/C28H41FOSi.C23H27FO/c1-20-12-15-26(29)24(17-20)22-14-13-21(19-30-31(7,8)27(2,3)4)18-23(22)25-11-9-10-16-28(25,5)6;1-5-16-9-11-18(20-15-17(25-4)10-12-22(20)24)19(14-16)21-8-6-7-13-23(21,2)3/h12-15,17-18,25H,9-11,16,19H2,1-8H3;8-12,14-15H,5-7,13H2,1-4H3. The minimum absolute atomic E-state index is 0.106. The van der Waals surface area contributed by atoms with Crippen molar-refractivity contribution in [1.29, 1.82) is 0 Å². The number of allylic oxidation sites excluding steroid dienone is 2. The molecular formula is C51H68F2O2Si. The number of benzene rings is 4. The Hall–Kier alpha value is -3.54. The largest absolute Gasteiger partial charge is 0.497 e. The first-order valence-electron chi connectivity index (χ1n) is 21.0. The van der Waals surface area contributed by atoms with Crippen LogP contribution < -0.4 is 4.74 Å². The molecule has 0 amide bonds. The maximum Gasteiger partial charge on any atom is 0.192 e. The van der Waals surface area contributed by atoms with Gasteiger partial charge in [0.15, 0.2) is 8.32 Å². The van der Waals surface area contributed by atoms with Crippen LogP contribution in [-0.2, 0) is 17.5 Å². The summed E-state index contributed by atoms with van der Waals surface area (Å²) in [5.74, 6) is 0.772. The van der Waals surface area contributed by atoms with Gasteiger partial charge in [-0.1, -0.05) is 122 Å². The Bertz CT molecular complexity index is 2020. The van der Waals surface area contributed by atoms with Crippen LogP contribution in [0.3, 0.4) is 0 Å². The molecular weight excluding hydrogens is 711 g/mol. The van der Waals surface area contributed by atoms with Crippen LogP contribution >= 0.6 is 0 Å². The van der Waals surface area contributed by atoms with Crippen molar-refractivity contribution in [1.82, 2.24) is 0 Å². The summed E-state index contributed by atoms with van der Waals surface area (Å²) in [7, 11) is -0.211. The number of aryl methyl sites for hydroxylation is 2. The van der Waals surface area contributed by atoms with E-state index in [1.165, 1.54) is 60.4 Å². The van der Waals surface area contributed by atoms with E-state index in [-0.39, 0.29) is 27.5 Å². The first-order chi connectivity index (χ1) is 26.3. The van der Waals surface area contributed by atoms with E-state index < -0.39 is 8.32 Å². The van der Waals surface area contributed by atoms with E-state index in [4.69, 9.17) is 9.16 Å². The van der Waals surface area contributed by atoms with Crippen LogP contribution in [-0.4, -0.2) is 15.4 Å². The van der Waals surface area contributed by atoms with Crippen LogP contribution in [0.4, 0.5) is 8.78 Å². The summed E-state index contributed by atoms with van der Waals surface area (Å²) < 4.78 is 41.4. The number of ether oxygens (including phenoxy) is 1. The summed E-state index contributed by atoms with van der Waals surface area (Å²) in [6.07, 6.45) is 11.7. The molecule has 0 spiro atoms. The van der Waals surface area contributed by atoms with Gasteiger partial charge >= 0.3 is 0 Å². The van der Waals surface area contributed by atoms with Gasteiger partial charge in [0.25, 0.3) is 0 Å². The molecule has 0 radical (unpaired) electrons. The first kappa shape index (κ1) is 43.6. The zero-order valence-electron chi connectivity index (χ0n) is 36.5. The Labute approximate surface area is 339 Å². The molecule has 2 aliphatic rings. The minimum atomic E-state index is -1.83. The van der Waals surface area contributed by atoms with E-state index in [0.717, 1.165) is 47.1 Å². The van der Waals surface area contributed by atoms with Gasteiger partial charge in [0.1, 0.15) is 17.4 Å². The van der Waals surface area contributed by atoms with Crippen molar-refractivity contribution >= 4 is 13.9 Å².